The van der Waals surface area contributed by atoms with Crippen molar-refractivity contribution in [3.05, 3.63) is 63.7 Å². The quantitative estimate of drug-likeness (QED) is 0.357. The Kier molecular flexibility index (Phi) is 8.50. The molecule has 0 aliphatic carbocycles. The fraction of sp³-hybridized carbons (Fsp3) is 0.440. The number of phenolic OH excluding ortho intramolecular Hbond substituents is 1. The topological polar surface area (TPSA) is 20.2 Å². The molecule has 0 spiro atoms. The summed E-state index contributed by atoms with van der Waals surface area (Å²) in [6.45, 7) is 10.6. The second kappa shape index (κ2) is 10.6. The Bertz CT molecular complexity index is 743. The van der Waals surface area contributed by atoms with Gasteiger partial charge in [0.2, 0.25) is 0 Å². The molecular weight excluding hydrogens is 348 g/mol. The lowest BCUT2D eigenvalue weighted by Crippen LogP contribution is -1.92. The molecule has 0 heterocycles. The van der Waals surface area contributed by atoms with E-state index in [0.717, 1.165) is 23.1 Å². The summed E-state index contributed by atoms with van der Waals surface area (Å²) in [5.41, 5.74) is 7.17. The normalized spacial score (nSPS) is 11.4. The van der Waals surface area contributed by atoms with Crippen LogP contribution in [0, 0.1) is 27.7 Å². The number of aryl methyl sites for hydroxylation is 4. The lowest BCUT2D eigenvalue weighted by molar-refractivity contribution is 0.467. The highest BCUT2D eigenvalue weighted by molar-refractivity contribution is 7.99. The van der Waals surface area contributed by atoms with E-state index < -0.39 is 0 Å². The highest BCUT2D eigenvalue weighted by atomic mass is 32.2. The second-order valence-electron chi connectivity index (χ2n) is 7.58. The second-order valence-corrected chi connectivity index (χ2v) is 8.68. The zero-order chi connectivity index (χ0) is 19.8. The Morgan fingerprint density at radius 1 is 0.852 bits per heavy atom. The van der Waals surface area contributed by atoms with E-state index in [4.69, 9.17) is 0 Å². The average Bonchev–Trinajstić information content (AvgIpc) is 2.61. The van der Waals surface area contributed by atoms with Crippen LogP contribution in [0.25, 0.3) is 6.08 Å². The van der Waals surface area contributed by atoms with Crippen molar-refractivity contribution in [3.8, 4) is 5.75 Å². The summed E-state index contributed by atoms with van der Waals surface area (Å²) in [4.78, 5) is 1.46. The van der Waals surface area contributed by atoms with E-state index in [0.29, 0.717) is 5.75 Å². The maximum atomic E-state index is 9.90. The average molecular weight is 383 g/mol. The van der Waals surface area contributed by atoms with Gasteiger partial charge in [0.25, 0.3) is 0 Å². The minimum atomic E-state index is 0.404. The van der Waals surface area contributed by atoms with E-state index in [1.807, 2.05) is 37.7 Å². The van der Waals surface area contributed by atoms with Gasteiger partial charge in [-0.15, -0.1) is 11.8 Å². The van der Waals surface area contributed by atoms with E-state index in [1.165, 1.54) is 53.0 Å². The predicted molar refractivity (Wildman–Crippen MR) is 121 cm³/mol. The number of aromatic hydroxyl groups is 1. The SMILES string of the molecule is CCCCCCSc1c(C)cc(CC=Cc2cc(C)c(O)c(C)c2)cc1C. The van der Waals surface area contributed by atoms with E-state index >= 15 is 0 Å². The lowest BCUT2D eigenvalue weighted by atomic mass is 10.0. The van der Waals surface area contributed by atoms with E-state index in [9.17, 15) is 5.11 Å². The summed E-state index contributed by atoms with van der Waals surface area (Å²) in [6.07, 6.45) is 10.6. The largest absolute Gasteiger partial charge is 0.507 e. The van der Waals surface area contributed by atoms with Crippen molar-refractivity contribution >= 4 is 17.8 Å². The molecule has 0 aliphatic heterocycles. The third-order valence-corrected chi connectivity index (χ3v) is 6.37. The van der Waals surface area contributed by atoms with Crippen LogP contribution in [0.15, 0.2) is 35.2 Å². The molecule has 1 N–H and O–H groups in total. The van der Waals surface area contributed by atoms with Crippen LogP contribution < -0.4 is 0 Å². The molecule has 146 valence electrons. The van der Waals surface area contributed by atoms with Gasteiger partial charge in [0.15, 0.2) is 0 Å². The standard InChI is InChI=1S/C25H34OS/c1-6-7-8-9-13-27-25-20(4)16-23(17-21(25)5)12-10-11-22-14-18(2)24(26)19(3)15-22/h10-11,14-17,26H,6-9,12-13H2,1-5H3. The Hall–Kier alpha value is -1.67. The summed E-state index contributed by atoms with van der Waals surface area (Å²) in [6, 6.07) is 8.74. The van der Waals surface area contributed by atoms with Gasteiger partial charge in [0, 0.05) is 4.90 Å². The minimum Gasteiger partial charge on any atom is -0.507 e. The number of benzene rings is 2. The number of allylic oxidation sites excluding steroid dienone is 1. The predicted octanol–water partition coefficient (Wildman–Crippen LogP) is 7.55. The van der Waals surface area contributed by atoms with Gasteiger partial charge < -0.3 is 5.11 Å². The zero-order valence-corrected chi connectivity index (χ0v) is 18.4. The van der Waals surface area contributed by atoms with Crippen molar-refractivity contribution in [2.24, 2.45) is 0 Å². The molecule has 27 heavy (non-hydrogen) atoms. The molecule has 0 saturated carbocycles. The molecule has 0 amide bonds. The number of rotatable bonds is 9. The summed E-state index contributed by atoms with van der Waals surface area (Å²) < 4.78 is 0. The summed E-state index contributed by atoms with van der Waals surface area (Å²) in [7, 11) is 0. The monoisotopic (exact) mass is 382 g/mol. The van der Waals surface area contributed by atoms with Crippen LogP contribution in [-0.4, -0.2) is 10.9 Å². The molecule has 0 saturated heterocycles. The molecule has 2 rings (SSSR count). The van der Waals surface area contributed by atoms with Crippen molar-refractivity contribution in [1.29, 1.82) is 0 Å². The smallest absolute Gasteiger partial charge is 0.121 e. The van der Waals surface area contributed by atoms with Crippen LogP contribution in [-0.2, 0) is 6.42 Å². The van der Waals surface area contributed by atoms with Crippen LogP contribution in [0.5, 0.6) is 5.75 Å². The summed E-state index contributed by atoms with van der Waals surface area (Å²) in [5, 5.41) is 9.90. The highest BCUT2D eigenvalue weighted by Crippen LogP contribution is 2.29. The van der Waals surface area contributed by atoms with Gasteiger partial charge in [0.1, 0.15) is 5.75 Å². The summed E-state index contributed by atoms with van der Waals surface area (Å²) >= 11 is 2.02. The first-order valence-electron chi connectivity index (χ1n) is 10.1. The van der Waals surface area contributed by atoms with Gasteiger partial charge >= 0.3 is 0 Å². The maximum Gasteiger partial charge on any atom is 0.121 e. The number of thioether (sulfide) groups is 1. The van der Waals surface area contributed by atoms with E-state index in [1.54, 1.807) is 0 Å². The van der Waals surface area contributed by atoms with Crippen molar-refractivity contribution in [1.82, 2.24) is 0 Å². The minimum absolute atomic E-state index is 0.404. The zero-order valence-electron chi connectivity index (χ0n) is 17.6. The van der Waals surface area contributed by atoms with Crippen LogP contribution >= 0.6 is 11.8 Å². The molecule has 0 unspecified atom stereocenters. The van der Waals surface area contributed by atoms with Crippen LogP contribution in [0.2, 0.25) is 0 Å². The van der Waals surface area contributed by atoms with E-state index in [2.05, 4.69) is 45.1 Å². The van der Waals surface area contributed by atoms with Crippen molar-refractivity contribution in [2.45, 2.75) is 71.6 Å². The van der Waals surface area contributed by atoms with Crippen molar-refractivity contribution < 1.29 is 5.11 Å². The third-order valence-electron chi connectivity index (χ3n) is 4.94. The first-order chi connectivity index (χ1) is 12.9. The van der Waals surface area contributed by atoms with Gasteiger partial charge in [-0.3, -0.25) is 0 Å². The van der Waals surface area contributed by atoms with Crippen LogP contribution in [0.3, 0.4) is 0 Å². The lowest BCUT2D eigenvalue weighted by Gasteiger charge is -2.12. The van der Waals surface area contributed by atoms with Gasteiger partial charge in [-0.25, -0.2) is 0 Å². The van der Waals surface area contributed by atoms with Gasteiger partial charge in [-0.1, -0.05) is 50.5 Å². The fourth-order valence-corrected chi connectivity index (χ4v) is 4.63. The van der Waals surface area contributed by atoms with Crippen LogP contribution in [0.4, 0.5) is 0 Å². The first-order valence-corrected chi connectivity index (χ1v) is 11.1. The number of phenols is 1. The number of hydrogen-bond donors (Lipinski definition) is 1. The van der Waals surface area contributed by atoms with Crippen molar-refractivity contribution in [2.75, 3.05) is 5.75 Å². The van der Waals surface area contributed by atoms with Gasteiger partial charge in [-0.05, 0) is 91.8 Å². The fourth-order valence-electron chi connectivity index (χ4n) is 3.51. The molecule has 0 radical (unpaired) electrons. The van der Waals surface area contributed by atoms with Gasteiger partial charge in [-0.2, -0.15) is 0 Å². The van der Waals surface area contributed by atoms with Crippen molar-refractivity contribution in [3.63, 3.8) is 0 Å². The molecular formula is C25H34OS. The van der Waals surface area contributed by atoms with Crippen LogP contribution in [0.1, 0.15) is 66.0 Å². The molecule has 0 atom stereocenters. The third kappa shape index (κ3) is 6.46. The Balaban J connectivity index is 1.99. The number of unbranched alkanes of at least 4 members (excludes halogenated alkanes) is 3. The maximum absolute atomic E-state index is 9.90. The molecule has 0 fully saturated rings. The Labute approximate surface area is 169 Å². The van der Waals surface area contributed by atoms with E-state index in [-0.39, 0.29) is 0 Å². The molecule has 1 nitrogen and oxygen atoms in total. The Morgan fingerprint density at radius 2 is 1.48 bits per heavy atom. The van der Waals surface area contributed by atoms with Gasteiger partial charge in [0.05, 0.1) is 0 Å². The molecule has 0 bridgehead atoms. The molecule has 2 heteroatoms. The summed E-state index contributed by atoms with van der Waals surface area (Å²) in [5.74, 6) is 1.63. The molecule has 2 aromatic rings. The highest BCUT2D eigenvalue weighted by Gasteiger charge is 2.06. The molecule has 2 aromatic carbocycles. The first kappa shape index (κ1) is 21.6. The molecule has 0 aliphatic rings. The molecule has 0 aromatic heterocycles. The Morgan fingerprint density at radius 3 is 2.07 bits per heavy atom. The number of hydrogen-bond acceptors (Lipinski definition) is 2.